The van der Waals surface area contributed by atoms with Gasteiger partial charge in [-0.2, -0.15) is 0 Å². The Morgan fingerprint density at radius 2 is 1.87 bits per heavy atom. The number of ether oxygens (including phenoxy) is 2. The summed E-state index contributed by atoms with van der Waals surface area (Å²) < 4.78 is 17.0. The minimum absolute atomic E-state index is 0. The SMILES string of the molecule is CCCc1cc2c(=O)c(-c3ccc4c(c3)OCO4)c(C)oc2c(CN(C)C)c1O.Cl. The van der Waals surface area contributed by atoms with Crippen molar-refractivity contribution in [3.8, 4) is 28.4 Å². The molecule has 0 atom stereocenters. The molecule has 3 aromatic rings. The molecule has 7 heteroatoms. The van der Waals surface area contributed by atoms with E-state index < -0.39 is 0 Å². The minimum Gasteiger partial charge on any atom is -0.507 e. The van der Waals surface area contributed by atoms with Gasteiger partial charge >= 0.3 is 0 Å². The number of halogens is 1. The molecular formula is C23H26ClNO5. The van der Waals surface area contributed by atoms with Crippen LogP contribution in [0.3, 0.4) is 0 Å². The topological polar surface area (TPSA) is 72.1 Å². The van der Waals surface area contributed by atoms with Crippen molar-refractivity contribution in [2.45, 2.75) is 33.2 Å². The van der Waals surface area contributed by atoms with Gasteiger partial charge in [-0.3, -0.25) is 4.79 Å². The van der Waals surface area contributed by atoms with Gasteiger partial charge in [-0.25, -0.2) is 0 Å². The van der Waals surface area contributed by atoms with E-state index in [0.29, 0.717) is 52.3 Å². The third-order valence-corrected chi connectivity index (χ3v) is 5.16. The number of aromatic hydroxyl groups is 1. The van der Waals surface area contributed by atoms with Crippen molar-refractivity contribution in [3.05, 3.63) is 51.4 Å². The van der Waals surface area contributed by atoms with Gasteiger partial charge in [0.1, 0.15) is 17.1 Å². The van der Waals surface area contributed by atoms with Crippen molar-refractivity contribution in [1.29, 1.82) is 0 Å². The fourth-order valence-electron chi connectivity index (χ4n) is 3.87. The van der Waals surface area contributed by atoms with Gasteiger partial charge in [0.25, 0.3) is 0 Å². The van der Waals surface area contributed by atoms with Crippen LogP contribution in [0, 0.1) is 6.92 Å². The van der Waals surface area contributed by atoms with Gasteiger partial charge in [0.2, 0.25) is 12.2 Å². The fourth-order valence-corrected chi connectivity index (χ4v) is 3.87. The normalized spacial score (nSPS) is 12.4. The molecule has 2 heterocycles. The summed E-state index contributed by atoms with van der Waals surface area (Å²) >= 11 is 0. The van der Waals surface area contributed by atoms with Gasteiger partial charge in [-0.1, -0.05) is 19.4 Å². The van der Waals surface area contributed by atoms with Crippen molar-refractivity contribution in [3.63, 3.8) is 0 Å². The summed E-state index contributed by atoms with van der Waals surface area (Å²) in [6.45, 7) is 4.48. The van der Waals surface area contributed by atoms with E-state index in [9.17, 15) is 9.90 Å². The largest absolute Gasteiger partial charge is 0.507 e. The molecule has 4 rings (SSSR count). The zero-order valence-corrected chi connectivity index (χ0v) is 18.4. The average molecular weight is 432 g/mol. The zero-order chi connectivity index (χ0) is 20.7. The number of rotatable bonds is 5. The van der Waals surface area contributed by atoms with Crippen LogP contribution in [-0.2, 0) is 13.0 Å². The van der Waals surface area contributed by atoms with Crippen LogP contribution in [0.25, 0.3) is 22.1 Å². The van der Waals surface area contributed by atoms with Crippen molar-refractivity contribution in [1.82, 2.24) is 4.90 Å². The Morgan fingerprint density at radius 3 is 2.57 bits per heavy atom. The standard InChI is InChI=1S/C23H25NO5.ClH/c1-5-6-15-9-16-22(26)20(14-7-8-18-19(10-14)28-12-27-18)13(2)29-23(16)17(21(15)25)11-24(3)4;/h7-10,25H,5-6,11-12H2,1-4H3;1H. The van der Waals surface area contributed by atoms with Crippen LogP contribution < -0.4 is 14.9 Å². The lowest BCUT2D eigenvalue weighted by Crippen LogP contribution is -2.14. The predicted octanol–water partition coefficient (Wildman–Crippen LogP) is 4.64. The second-order valence-corrected chi connectivity index (χ2v) is 7.66. The maximum absolute atomic E-state index is 13.5. The monoisotopic (exact) mass is 431 g/mol. The van der Waals surface area contributed by atoms with E-state index in [0.717, 1.165) is 17.5 Å². The molecular weight excluding hydrogens is 406 g/mol. The van der Waals surface area contributed by atoms with Crippen LogP contribution >= 0.6 is 12.4 Å². The number of hydrogen-bond acceptors (Lipinski definition) is 6. The number of phenols is 1. The predicted molar refractivity (Wildman–Crippen MR) is 119 cm³/mol. The van der Waals surface area contributed by atoms with Gasteiger partial charge in [0.05, 0.1) is 16.5 Å². The van der Waals surface area contributed by atoms with Crippen LogP contribution in [-0.4, -0.2) is 30.9 Å². The number of benzene rings is 2. The van der Waals surface area contributed by atoms with Gasteiger partial charge in [-0.15, -0.1) is 12.4 Å². The van der Waals surface area contributed by atoms with Crippen LogP contribution in [0.5, 0.6) is 17.2 Å². The highest BCUT2D eigenvalue weighted by molar-refractivity contribution is 5.88. The van der Waals surface area contributed by atoms with E-state index in [1.807, 2.05) is 38.1 Å². The minimum atomic E-state index is -0.111. The van der Waals surface area contributed by atoms with E-state index in [2.05, 4.69) is 0 Å². The molecule has 0 radical (unpaired) electrons. The fraction of sp³-hybridized carbons (Fsp3) is 0.348. The summed E-state index contributed by atoms with van der Waals surface area (Å²) in [6, 6.07) is 7.22. The highest BCUT2D eigenvalue weighted by Crippen LogP contribution is 2.38. The van der Waals surface area contributed by atoms with E-state index in [1.165, 1.54) is 0 Å². The summed E-state index contributed by atoms with van der Waals surface area (Å²) in [5, 5.41) is 11.3. The summed E-state index contributed by atoms with van der Waals surface area (Å²) in [6.07, 6.45) is 1.56. The molecule has 0 amide bonds. The van der Waals surface area contributed by atoms with Crippen LogP contribution in [0.4, 0.5) is 0 Å². The summed E-state index contributed by atoms with van der Waals surface area (Å²) in [4.78, 5) is 15.5. The molecule has 0 fully saturated rings. The van der Waals surface area contributed by atoms with E-state index >= 15 is 0 Å². The summed E-state index contributed by atoms with van der Waals surface area (Å²) in [5.74, 6) is 2.00. The maximum Gasteiger partial charge on any atom is 0.231 e. The first-order valence-electron chi connectivity index (χ1n) is 9.76. The Morgan fingerprint density at radius 1 is 1.13 bits per heavy atom. The molecule has 0 bridgehead atoms. The zero-order valence-electron chi connectivity index (χ0n) is 17.6. The summed E-state index contributed by atoms with van der Waals surface area (Å²) in [7, 11) is 3.84. The molecule has 1 aliphatic rings. The molecule has 0 unspecified atom stereocenters. The average Bonchev–Trinajstić information content (AvgIpc) is 3.14. The molecule has 0 saturated carbocycles. The van der Waals surface area contributed by atoms with Gasteiger partial charge in [-0.05, 0) is 56.8 Å². The van der Waals surface area contributed by atoms with E-state index in [-0.39, 0.29) is 30.4 Å². The van der Waals surface area contributed by atoms with Gasteiger partial charge in [0.15, 0.2) is 11.5 Å². The Bertz CT molecular complexity index is 1150. The van der Waals surface area contributed by atoms with Gasteiger partial charge in [0, 0.05) is 6.54 Å². The third kappa shape index (κ3) is 3.73. The number of nitrogens with zero attached hydrogens (tertiary/aromatic N) is 1. The van der Waals surface area contributed by atoms with Crippen LogP contribution in [0.15, 0.2) is 33.5 Å². The van der Waals surface area contributed by atoms with E-state index in [4.69, 9.17) is 13.9 Å². The van der Waals surface area contributed by atoms with Crippen molar-refractivity contribution in [2.24, 2.45) is 0 Å². The molecule has 1 aliphatic heterocycles. The molecule has 1 aromatic heterocycles. The highest BCUT2D eigenvalue weighted by Gasteiger charge is 2.22. The maximum atomic E-state index is 13.5. The second-order valence-electron chi connectivity index (χ2n) is 7.66. The summed E-state index contributed by atoms with van der Waals surface area (Å²) in [5.41, 5.74) is 2.97. The van der Waals surface area contributed by atoms with Crippen molar-refractivity contribution < 1.29 is 19.0 Å². The Balaban J connectivity index is 0.00000256. The van der Waals surface area contributed by atoms with Crippen LogP contribution in [0.2, 0.25) is 0 Å². The van der Waals surface area contributed by atoms with Gasteiger partial charge < -0.3 is 23.9 Å². The number of aryl methyl sites for hydroxylation is 2. The Labute approximate surface area is 181 Å². The molecule has 160 valence electrons. The number of phenolic OH excluding ortho intramolecular Hbond substituents is 1. The second kappa shape index (κ2) is 8.58. The van der Waals surface area contributed by atoms with E-state index in [1.54, 1.807) is 19.1 Å². The first kappa shape index (κ1) is 22.0. The quantitative estimate of drug-likeness (QED) is 0.634. The Kier molecular flexibility index (Phi) is 6.29. The number of fused-ring (bicyclic) bond motifs is 2. The molecule has 30 heavy (non-hydrogen) atoms. The molecule has 0 spiro atoms. The lowest BCUT2D eigenvalue weighted by molar-refractivity contribution is 0.174. The lowest BCUT2D eigenvalue weighted by Gasteiger charge is -2.17. The lowest BCUT2D eigenvalue weighted by atomic mass is 9.97. The molecule has 0 saturated heterocycles. The smallest absolute Gasteiger partial charge is 0.231 e. The highest BCUT2D eigenvalue weighted by atomic mass is 35.5. The third-order valence-electron chi connectivity index (χ3n) is 5.16. The molecule has 0 aliphatic carbocycles. The Hall–Kier alpha value is -2.70. The first-order valence-corrected chi connectivity index (χ1v) is 9.76. The molecule has 2 aromatic carbocycles. The first-order chi connectivity index (χ1) is 13.9. The molecule has 6 nitrogen and oxygen atoms in total. The van der Waals surface area contributed by atoms with Crippen LogP contribution in [0.1, 0.15) is 30.2 Å². The number of hydrogen-bond donors (Lipinski definition) is 1. The van der Waals surface area contributed by atoms with Crippen molar-refractivity contribution in [2.75, 3.05) is 20.9 Å². The molecule has 1 N–H and O–H groups in total. The van der Waals surface area contributed by atoms with Crippen molar-refractivity contribution >= 4 is 23.4 Å².